The van der Waals surface area contributed by atoms with Crippen molar-refractivity contribution in [2.45, 2.75) is 6.61 Å². The Labute approximate surface area is 137 Å². The fourth-order valence-corrected chi connectivity index (χ4v) is 2.03. The van der Waals surface area contributed by atoms with E-state index in [9.17, 15) is 4.39 Å². The van der Waals surface area contributed by atoms with Crippen LogP contribution < -0.4 is 9.47 Å². The SMILES string of the molecule is COc1cc(C#N)ccc1OCc1nc(-c2ccc(F)cc2)no1. The van der Waals surface area contributed by atoms with Gasteiger partial charge in [-0.1, -0.05) is 5.16 Å². The zero-order valence-corrected chi connectivity index (χ0v) is 12.7. The van der Waals surface area contributed by atoms with Crippen molar-refractivity contribution >= 4 is 0 Å². The number of rotatable bonds is 5. The average molecular weight is 325 g/mol. The van der Waals surface area contributed by atoms with Crippen LogP contribution in [0.4, 0.5) is 4.39 Å². The van der Waals surface area contributed by atoms with Crippen molar-refractivity contribution in [3.63, 3.8) is 0 Å². The highest BCUT2D eigenvalue weighted by Crippen LogP contribution is 2.28. The third-order valence-corrected chi connectivity index (χ3v) is 3.21. The molecule has 0 unspecified atom stereocenters. The summed E-state index contributed by atoms with van der Waals surface area (Å²) in [5, 5.41) is 12.7. The van der Waals surface area contributed by atoms with Crippen LogP contribution in [0.15, 0.2) is 47.0 Å². The van der Waals surface area contributed by atoms with E-state index in [-0.39, 0.29) is 18.3 Å². The number of hydrogen-bond donors (Lipinski definition) is 0. The van der Waals surface area contributed by atoms with Gasteiger partial charge in [0.05, 0.1) is 18.7 Å². The van der Waals surface area contributed by atoms with Gasteiger partial charge < -0.3 is 14.0 Å². The summed E-state index contributed by atoms with van der Waals surface area (Å²) in [4.78, 5) is 4.20. The zero-order valence-electron chi connectivity index (χ0n) is 12.7. The fourth-order valence-electron chi connectivity index (χ4n) is 2.03. The normalized spacial score (nSPS) is 10.2. The molecule has 0 aliphatic rings. The lowest BCUT2D eigenvalue weighted by molar-refractivity contribution is 0.233. The molecule has 0 atom stereocenters. The molecule has 120 valence electrons. The van der Waals surface area contributed by atoms with Crippen molar-refractivity contribution in [1.29, 1.82) is 5.26 Å². The molecule has 7 heteroatoms. The largest absolute Gasteiger partial charge is 0.493 e. The van der Waals surface area contributed by atoms with Crippen molar-refractivity contribution in [3.05, 3.63) is 59.7 Å². The molecule has 3 aromatic rings. The molecule has 1 heterocycles. The number of nitrogens with zero attached hydrogens (tertiary/aromatic N) is 3. The molecule has 0 fully saturated rings. The van der Waals surface area contributed by atoms with Gasteiger partial charge in [-0.2, -0.15) is 10.2 Å². The maximum absolute atomic E-state index is 12.9. The predicted molar refractivity (Wildman–Crippen MR) is 81.7 cm³/mol. The molecule has 1 aromatic heterocycles. The lowest BCUT2D eigenvalue weighted by Crippen LogP contribution is -1.98. The van der Waals surface area contributed by atoms with Crippen LogP contribution in [0.5, 0.6) is 11.5 Å². The van der Waals surface area contributed by atoms with Crippen molar-refractivity contribution < 1.29 is 18.4 Å². The molecule has 0 aliphatic carbocycles. The summed E-state index contributed by atoms with van der Waals surface area (Å²) >= 11 is 0. The smallest absolute Gasteiger partial charge is 0.264 e. The van der Waals surface area contributed by atoms with E-state index in [1.54, 1.807) is 30.3 Å². The highest BCUT2D eigenvalue weighted by atomic mass is 19.1. The fraction of sp³-hybridized carbons (Fsp3) is 0.118. The lowest BCUT2D eigenvalue weighted by atomic mass is 10.2. The van der Waals surface area contributed by atoms with Gasteiger partial charge in [-0.05, 0) is 36.4 Å². The minimum Gasteiger partial charge on any atom is -0.493 e. The van der Waals surface area contributed by atoms with Crippen molar-refractivity contribution in [2.24, 2.45) is 0 Å². The summed E-state index contributed by atoms with van der Waals surface area (Å²) in [6, 6.07) is 12.6. The van der Waals surface area contributed by atoms with Crippen LogP contribution in [-0.4, -0.2) is 17.3 Å². The summed E-state index contributed by atoms with van der Waals surface area (Å²) in [5.74, 6) is 1.17. The van der Waals surface area contributed by atoms with Crippen LogP contribution in [-0.2, 0) is 6.61 Å². The summed E-state index contributed by atoms with van der Waals surface area (Å²) in [6.45, 7) is 0.0381. The van der Waals surface area contributed by atoms with Gasteiger partial charge in [0.2, 0.25) is 5.82 Å². The van der Waals surface area contributed by atoms with E-state index in [0.29, 0.717) is 28.5 Å². The van der Waals surface area contributed by atoms with E-state index in [0.717, 1.165) is 0 Å². The second-order valence-electron chi connectivity index (χ2n) is 4.78. The van der Waals surface area contributed by atoms with E-state index < -0.39 is 0 Å². The van der Waals surface area contributed by atoms with Crippen LogP contribution in [0, 0.1) is 17.1 Å². The molecule has 24 heavy (non-hydrogen) atoms. The second kappa shape index (κ2) is 6.79. The molecule has 0 saturated carbocycles. The van der Waals surface area contributed by atoms with Gasteiger partial charge in [0, 0.05) is 11.6 Å². The number of aromatic nitrogens is 2. The van der Waals surface area contributed by atoms with Gasteiger partial charge in [0.25, 0.3) is 5.89 Å². The molecule has 0 saturated heterocycles. The van der Waals surface area contributed by atoms with E-state index >= 15 is 0 Å². The van der Waals surface area contributed by atoms with Gasteiger partial charge in [-0.3, -0.25) is 0 Å². The van der Waals surface area contributed by atoms with E-state index in [1.165, 1.54) is 19.2 Å². The van der Waals surface area contributed by atoms with Crippen LogP contribution >= 0.6 is 0 Å². The number of nitriles is 1. The summed E-state index contributed by atoms with van der Waals surface area (Å²) in [5.41, 5.74) is 1.11. The Morgan fingerprint density at radius 3 is 2.67 bits per heavy atom. The highest BCUT2D eigenvalue weighted by molar-refractivity contribution is 5.53. The molecule has 2 aromatic carbocycles. The molecule has 3 rings (SSSR count). The quantitative estimate of drug-likeness (QED) is 0.715. The second-order valence-corrected chi connectivity index (χ2v) is 4.78. The van der Waals surface area contributed by atoms with Crippen molar-refractivity contribution in [1.82, 2.24) is 10.1 Å². The molecular weight excluding hydrogens is 313 g/mol. The molecule has 0 aliphatic heterocycles. The molecule has 0 spiro atoms. The monoisotopic (exact) mass is 325 g/mol. The topological polar surface area (TPSA) is 81.2 Å². The van der Waals surface area contributed by atoms with Crippen LogP contribution in [0.25, 0.3) is 11.4 Å². The van der Waals surface area contributed by atoms with E-state index in [4.69, 9.17) is 19.3 Å². The van der Waals surface area contributed by atoms with Gasteiger partial charge >= 0.3 is 0 Å². The summed E-state index contributed by atoms with van der Waals surface area (Å²) < 4.78 is 28.8. The molecule has 0 N–H and O–H groups in total. The van der Waals surface area contributed by atoms with Gasteiger partial charge in [0.15, 0.2) is 18.1 Å². The standard InChI is InChI=1S/C17H12FN3O3/c1-22-15-8-11(9-19)2-7-14(15)23-10-16-20-17(21-24-16)12-3-5-13(18)6-4-12/h2-8H,10H2,1H3. The Kier molecular flexibility index (Phi) is 4.38. The number of hydrogen-bond acceptors (Lipinski definition) is 6. The Morgan fingerprint density at radius 1 is 1.17 bits per heavy atom. The first-order valence-corrected chi connectivity index (χ1v) is 6.99. The van der Waals surface area contributed by atoms with Crippen molar-refractivity contribution in [2.75, 3.05) is 7.11 Å². The zero-order chi connectivity index (χ0) is 16.9. The van der Waals surface area contributed by atoms with E-state index in [1.807, 2.05) is 6.07 Å². The predicted octanol–water partition coefficient (Wildman–Crippen LogP) is 3.33. The van der Waals surface area contributed by atoms with Crippen LogP contribution in [0.2, 0.25) is 0 Å². The maximum atomic E-state index is 12.9. The maximum Gasteiger partial charge on any atom is 0.264 e. The number of halogens is 1. The highest BCUT2D eigenvalue weighted by Gasteiger charge is 2.11. The number of methoxy groups -OCH3 is 1. The first-order chi connectivity index (χ1) is 11.7. The van der Waals surface area contributed by atoms with Crippen LogP contribution in [0.1, 0.15) is 11.5 Å². The molecule has 6 nitrogen and oxygen atoms in total. The van der Waals surface area contributed by atoms with Gasteiger partial charge in [0.1, 0.15) is 5.82 Å². The number of benzene rings is 2. The third kappa shape index (κ3) is 3.33. The Morgan fingerprint density at radius 2 is 1.96 bits per heavy atom. The van der Waals surface area contributed by atoms with Crippen molar-refractivity contribution in [3.8, 4) is 29.0 Å². The van der Waals surface area contributed by atoms with Gasteiger partial charge in [-0.15, -0.1) is 0 Å². The van der Waals surface area contributed by atoms with Crippen LogP contribution in [0.3, 0.4) is 0 Å². The molecule has 0 amide bonds. The summed E-state index contributed by atoms with van der Waals surface area (Å²) in [6.07, 6.45) is 0. The number of ether oxygens (including phenoxy) is 2. The minimum atomic E-state index is -0.335. The summed E-state index contributed by atoms with van der Waals surface area (Å²) in [7, 11) is 1.49. The average Bonchev–Trinajstić information content (AvgIpc) is 3.09. The lowest BCUT2D eigenvalue weighted by Gasteiger charge is -2.08. The molecule has 0 bridgehead atoms. The third-order valence-electron chi connectivity index (χ3n) is 3.21. The Bertz CT molecular complexity index is 885. The minimum absolute atomic E-state index is 0.0381. The molecule has 0 radical (unpaired) electrons. The van der Waals surface area contributed by atoms with Gasteiger partial charge in [-0.25, -0.2) is 4.39 Å². The first kappa shape index (κ1) is 15.5. The molecular formula is C17H12FN3O3. The van der Waals surface area contributed by atoms with E-state index in [2.05, 4.69) is 10.1 Å². The Balaban J connectivity index is 1.72. The first-order valence-electron chi connectivity index (χ1n) is 6.99. The Hall–Kier alpha value is -3.40.